The van der Waals surface area contributed by atoms with E-state index in [1.54, 1.807) is 16.8 Å². The van der Waals surface area contributed by atoms with Gasteiger partial charge in [-0.3, -0.25) is 14.2 Å². The van der Waals surface area contributed by atoms with Gasteiger partial charge in [-0.05, 0) is 43.5 Å². The van der Waals surface area contributed by atoms with Crippen LogP contribution in [0, 0.1) is 0 Å². The molecular weight excluding hydrogens is 332 g/mol. The minimum absolute atomic E-state index is 0.00502. The standard InChI is InChI=1S/C19H22N4O3/c24-17(21-13-14-5-4-12-26-14)8-3-11-23-18-15(6-1-9-20-18)22-10-2-7-16(22)19(23)25/h1-2,6-7,9-10,14H,3-5,8,11-13H2,(H,21,24). The van der Waals surface area contributed by atoms with Crippen LogP contribution in [-0.4, -0.2) is 39.1 Å². The van der Waals surface area contributed by atoms with Crippen LogP contribution in [-0.2, 0) is 16.1 Å². The number of fused-ring (bicyclic) bond motifs is 3. The predicted molar refractivity (Wildman–Crippen MR) is 98.2 cm³/mol. The zero-order chi connectivity index (χ0) is 17.9. The van der Waals surface area contributed by atoms with Crippen molar-refractivity contribution >= 4 is 22.6 Å². The van der Waals surface area contributed by atoms with E-state index in [4.69, 9.17) is 4.74 Å². The summed E-state index contributed by atoms with van der Waals surface area (Å²) in [6.45, 7) is 1.81. The van der Waals surface area contributed by atoms with Gasteiger partial charge in [-0.15, -0.1) is 0 Å². The topological polar surface area (TPSA) is 77.6 Å². The summed E-state index contributed by atoms with van der Waals surface area (Å²) in [5.41, 5.74) is 2.06. The lowest BCUT2D eigenvalue weighted by atomic mass is 10.2. The van der Waals surface area contributed by atoms with Crippen LogP contribution in [0.1, 0.15) is 25.7 Å². The highest BCUT2D eigenvalue weighted by Gasteiger charge is 2.16. The Balaban J connectivity index is 1.45. The third-order valence-electron chi connectivity index (χ3n) is 4.83. The van der Waals surface area contributed by atoms with E-state index >= 15 is 0 Å². The van der Waals surface area contributed by atoms with Crippen LogP contribution >= 0.6 is 0 Å². The zero-order valence-electron chi connectivity index (χ0n) is 14.6. The van der Waals surface area contributed by atoms with Crippen molar-refractivity contribution < 1.29 is 9.53 Å². The van der Waals surface area contributed by atoms with Crippen LogP contribution in [0.3, 0.4) is 0 Å². The molecule has 1 N–H and O–H groups in total. The Morgan fingerprint density at radius 1 is 1.31 bits per heavy atom. The van der Waals surface area contributed by atoms with Gasteiger partial charge in [0.15, 0.2) is 5.65 Å². The minimum atomic E-state index is -0.0824. The molecule has 4 rings (SSSR count). The van der Waals surface area contributed by atoms with Gasteiger partial charge in [0.05, 0.1) is 11.6 Å². The molecule has 3 aromatic rings. The molecule has 1 aliphatic heterocycles. The van der Waals surface area contributed by atoms with Crippen molar-refractivity contribution in [3.8, 4) is 0 Å². The van der Waals surface area contributed by atoms with Gasteiger partial charge in [0, 0.05) is 38.5 Å². The Labute approximate surface area is 150 Å². The predicted octanol–water partition coefficient (Wildman–Crippen LogP) is 1.72. The van der Waals surface area contributed by atoms with Crippen LogP contribution < -0.4 is 10.9 Å². The SMILES string of the molecule is O=C(CCCn1c(=O)c2cccn2c2cccnc21)NCC1CCCO1. The number of nitrogens with zero attached hydrogens (tertiary/aromatic N) is 3. The number of hydrogen-bond acceptors (Lipinski definition) is 4. The first-order chi connectivity index (χ1) is 12.7. The zero-order valence-corrected chi connectivity index (χ0v) is 14.6. The molecule has 0 bridgehead atoms. The first kappa shape index (κ1) is 16.8. The molecule has 0 aliphatic carbocycles. The Morgan fingerprint density at radius 3 is 3.04 bits per heavy atom. The van der Waals surface area contributed by atoms with Gasteiger partial charge in [-0.1, -0.05) is 0 Å². The van der Waals surface area contributed by atoms with Gasteiger partial charge in [-0.2, -0.15) is 0 Å². The smallest absolute Gasteiger partial charge is 0.276 e. The van der Waals surface area contributed by atoms with Crippen molar-refractivity contribution in [3.05, 3.63) is 47.0 Å². The quantitative estimate of drug-likeness (QED) is 0.731. The lowest BCUT2D eigenvalue weighted by molar-refractivity contribution is -0.121. The van der Waals surface area contributed by atoms with Crippen LogP contribution in [0.5, 0.6) is 0 Å². The molecule has 1 unspecified atom stereocenters. The summed E-state index contributed by atoms with van der Waals surface area (Å²) in [4.78, 5) is 29.2. The number of carbonyl (C=O) groups excluding carboxylic acids is 1. The number of aryl methyl sites for hydroxylation is 1. The number of aromatic nitrogens is 3. The second-order valence-electron chi connectivity index (χ2n) is 6.61. The molecule has 26 heavy (non-hydrogen) atoms. The molecule has 1 atom stereocenters. The van der Waals surface area contributed by atoms with E-state index in [-0.39, 0.29) is 17.6 Å². The van der Waals surface area contributed by atoms with E-state index in [0.29, 0.717) is 37.1 Å². The highest BCUT2D eigenvalue weighted by molar-refractivity contribution is 5.76. The van der Waals surface area contributed by atoms with E-state index in [2.05, 4.69) is 10.3 Å². The summed E-state index contributed by atoms with van der Waals surface area (Å²) in [5, 5.41) is 2.92. The summed E-state index contributed by atoms with van der Waals surface area (Å²) < 4.78 is 9.02. The van der Waals surface area contributed by atoms with Crippen molar-refractivity contribution in [2.45, 2.75) is 38.3 Å². The first-order valence-electron chi connectivity index (χ1n) is 9.07. The maximum absolute atomic E-state index is 12.8. The lowest BCUT2D eigenvalue weighted by Gasteiger charge is -2.12. The summed E-state index contributed by atoms with van der Waals surface area (Å²) in [6, 6.07) is 7.46. The molecule has 1 fully saturated rings. The van der Waals surface area contributed by atoms with Gasteiger partial charge in [0.1, 0.15) is 5.52 Å². The molecule has 0 radical (unpaired) electrons. The molecule has 1 amide bonds. The van der Waals surface area contributed by atoms with E-state index in [1.165, 1.54) is 0 Å². The largest absolute Gasteiger partial charge is 0.376 e. The highest BCUT2D eigenvalue weighted by atomic mass is 16.5. The second kappa shape index (κ2) is 7.29. The summed E-state index contributed by atoms with van der Waals surface area (Å²) in [5.74, 6) is -0.00502. The third-order valence-corrected chi connectivity index (χ3v) is 4.83. The average Bonchev–Trinajstić information content (AvgIpc) is 3.34. The fraction of sp³-hybridized carbons (Fsp3) is 0.421. The van der Waals surface area contributed by atoms with Crippen LogP contribution in [0.4, 0.5) is 0 Å². The van der Waals surface area contributed by atoms with Crippen molar-refractivity contribution in [2.75, 3.05) is 13.2 Å². The third kappa shape index (κ3) is 3.22. The summed E-state index contributed by atoms with van der Waals surface area (Å²) in [7, 11) is 0. The Hall–Kier alpha value is -2.67. The van der Waals surface area contributed by atoms with Crippen LogP contribution in [0.2, 0.25) is 0 Å². The molecule has 136 valence electrons. The maximum Gasteiger partial charge on any atom is 0.276 e. The second-order valence-corrected chi connectivity index (χ2v) is 6.61. The van der Waals surface area contributed by atoms with E-state index in [9.17, 15) is 9.59 Å². The van der Waals surface area contributed by atoms with E-state index in [0.717, 1.165) is 25.0 Å². The number of hydrogen-bond donors (Lipinski definition) is 1. The molecule has 0 aromatic carbocycles. The Kier molecular flexibility index (Phi) is 4.71. The van der Waals surface area contributed by atoms with Gasteiger partial charge in [0.2, 0.25) is 5.91 Å². The van der Waals surface area contributed by atoms with Crippen LogP contribution in [0.15, 0.2) is 41.5 Å². The molecule has 3 aromatic heterocycles. The molecule has 1 saturated heterocycles. The molecule has 7 heteroatoms. The summed E-state index contributed by atoms with van der Waals surface area (Å²) >= 11 is 0. The van der Waals surface area contributed by atoms with Crippen molar-refractivity contribution in [1.29, 1.82) is 0 Å². The molecule has 4 heterocycles. The highest BCUT2D eigenvalue weighted by Crippen LogP contribution is 2.14. The van der Waals surface area contributed by atoms with Crippen LogP contribution in [0.25, 0.3) is 16.7 Å². The molecular formula is C19H22N4O3. The van der Waals surface area contributed by atoms with Gasteiger partial charge < -0.3 is 14.5 Å². The number of pyridine rings is 1. The number of amides is 1. The van der Waals surface area contributed by atoms with Crippen molar-refractivity contribution in [3.63, 3.8) is 0 Å². The molecule has 0 saturated carbocycles. The van der Waals surface area contributed by atoms with Gasteiger partial charge in [-0.25, -0.2) is 4.98 Å². The number of rotatable bonds is 6. The van der Waals surface area contributed by atoms with Crippen molar-refractivity contribution in [1.82, 2.24) is 19.3 Å². The number of carbonyl (C=O) groups is 1. The van der Waals surface area contributed by atoms with Gasteiger partial charge in [0.25, 0.3) is 5.56 Å². The fourth-order valence-electron chi connectivity index (χ4n) is 3.51. The minimum Gasteiger partial charge on any atom is -0.376 e. The first-order valence-corrected chi connectivity index (χ1v) is 9.07. The Morgan fingerprint density at radius 2 is 2.19 bits per heavy atom. The van der Waals surface area contributed by atoms with Gasteiger partial charge >= 0.3 is 0 Å². The molecule has 1 aliphatic rings. The molecule has 7 nitrogen and oxygen atoms in total. The van der Waals surface area contributed by atoms with Crippen molar-refractivity contribution in [2.24, 2.45) is 0 Å². The number of ether oxygens (including phenoxy) is 1. The summed E-state index contributed by atoms with van der Waals surface area (Å²) in [6.07, 6.45) is 6.72. The normalized spacial score (nSPS) is 17.2. The van der Waals surface area contributed by atoms with E-state index < -0.39 is 0 Å². The lowest BCUT2D eigenvalue weighted by Crippen LogP contribution is -2.32. The monoisotopic (exact) mass is 354 g/mol. The average molecular weight is 354 g/mol. The Bertz CT molecular complexity index is 985. The maximum atomic E-state index is 12.8. The number of nitrogens with one attached hydrogen (secondary N) is 1. The fourth-order valence-corrected chi connectivity index (χ4v) is 3.51. The molecule has 0 spiro atoms. The van der Waals surface area contributed by atoms with E-state index in [1.807, 2.05) is 28.8 Å².